The maximum atomic E-state index is 14.4. The zero-order valence-corrected chi connectivity index (χ0v) is 62.7. The van der Waals surface area contributed by atoms with Crippen molar-refractivity contribution in [2.24, 2.45) is 0 Å². The number of ether oxygens (including phenoxy) is 4. The molecule has 4 aromatic heterocycles. The summed E-state index contributed by atoms with van der Waals surface area (Å²) in [5, 5.41) is 31.2. The first-order valence-corrected chi connectivity index (χ1v) is 34.8. The number of pyridine rings is 4. The maximum absolute atomic E-state index is 14.4. The third kappa shape index (κ3) is 26.4. The minimum atomic E-state index is -0.665. The second-order valence-electron chi connectivity index (χ2n) is 24.3. The van der Waals surface area contributed by atoms with Crippen LogP contribution in [0.4, 0.5) is 73.5 Å². The lowest BCUT2D eigenvalue weighted by Gasteiger charge is -2.11. The molecule has 114 heavy (non-hydrogen) atoms. The molecule has 12 rings (SSSR count). The van der Waals surface area contributed by atoms with Crippen LogP contribution < -0.4 is 82.7 Å². The first-order valence-electron chi connectivity index (χ1n) is 34.8. The van der Waals surface area contributed by atoms with E-state index in [2.05, 4.69) is 83.7 Å². The van der Waals surface area contributed by atoms with Crippen LogP contribution >= 0.6 is 0 Å². The molecule has 0 aliphatic heterocycles. The van der Waals surface area contributed by atoms with E-state index in [9.17, 15) is 47.1 Å². The number of hydrogen-bond acceptors (Lipinski definition) is 16. The van der Waals surface area contributed by atoms with Crippen LogP contribution in [0.2, 0.25) is 0 Å². The Hall–Kier alpha value is -15.6. The van der Waals surface area contributed by atoms with Gasteiger partial charge in [0.2, 0.25) is 0 Å². The molecule has 0 spiro atoms. The molecule has 580 valence electrons. The summed E-state index contributed by atoms with van der Waals surface area (Å²) in [4.78, 5) is 111. The number of carbonyl (C=O) groups is 8. The highest BCUT2D eigenvalue weighted by molar-refractivity contribution is 6.02. The van der Waals surface area contributed by atoms with Crippen LogP contribution in [0, 0.1) is 39.3 Å². The normalized spacial score (nSPS) is 10.1. The van der Waals surface area contributed by atoms with Gasteiger partial charge >= 0.3 is 24.1 Å². The number of nitrogens with zero attached hydrogens (tertiary/aromatic N) is 4. The number of amides is 12. The van der Waals surface area contributed by atoms with Crippen molar-refractivity contribution >= 4 is 93.3 Å². The molecule has 0 saturated heterocycles. The molecule has 0 aliphatic carbocycles. The molecule has 0 saturated carbocycles. The Morgan fingerprint density at radius 1 is 0.246 bits per heavy atom. The van der Waals surface area contributed by atoms with Gasteiger partial charge in [0.25, 0.3) is 23.6 Å². The number of benzene rings is 8. The molecule has 8 aromatic carbocycles. The lowest BCUT2D eigenvalue weighted by atomic mass is 10.2. The van der Waals surface area contributed by atoms with Crippen molar-refractivity contribution < 1.29 is 66.1 Å². The van der Waals surface area contributed by atoms with Crippen molar-refractivity contribution in [3.63, 3.8) is 0 Å². The number of nitrogens with one attached hydrogen (secondary N) is 12. The Morgan fingerprint density at radius 2 is 0.439 bits per heavy atom. The summed E-state index contributed by atoms with van der Waals surface area (Å²) >= 11 is 0. The minimum Gasteiger partial charge on any atom is -0.457 e. The number of aryl methyl sites for hydroxylation is 4. The van der Waals surface area contributed by atoms with Gasteiger partial charge in [0.15, 0.2) is 0 Å². The molecule has 28 nitrogen and oxygen atoms in total. The topological polar surface area (TPSA) is 369 Å². The van der Waals surface area contributed by atoms with E-state index in [-0.39, 0.29) is 81.3 Å². The van der Waals surface area contributed by atoms with Crippen LogP contribution in [0.1, 0.15) is 64.2 Å². The molecule has 0 radical (unpaired) electrons. The summed E-state index contributed by atoms with van der Waals surface area (Å²) in [7, 11) is 6.07. The van der Waals surface area contributed by atoms with Gasteiger partial charge in [-0.3, -0.25) is 39.1 Å². The highest BCUT2D eigenvalue weighted by Gasteiger charge is 2.16. The average molecular weight is 1540 g/mol. The van der Waals surface area contributed by atoms with Gasteiger partial charge in [0.1, 0.15) is 80.4 Å². The quantitative estimate of drug-likeness (QED) is 0.0337. The Kier molecular flexibility index (Phi) is 29.7. The number of carbonyl (C=O) groups excluding carboxylic acids is 8. The molecule has 0 atom stereocenters. The number of halogens is 2. The zero-order chi connectivity index (χ0) is 81.5. The number of rotatable bonds is 20. The SMILES string of the molecule is CNC(=O)c1cc(Oc2ccc(NC(=O)Nc3ccc(C)cc3)c(F)c2)ccn1.CNC(=O)c1cc(Oc2ccc(NC(=O)Nc3ccc(C)cc3)c(F)c2)ccn1.CNC(=O)c1cc(Oc2ccc(NC(=O)Nc3ccc(C)cc3)cc2)ccn1.CNC(=O)c1cc(Oc2ccc(NC(=O)Nc3ccc(C)cc3)cc2)ccn1. The minimum absolute atomic E-state index is 0.00254. The van der Waals surface area contributed by atoms with Crippen molar-refractivity contribution in [2.75, 3.05) is 70.7 Å². The molecule has 30 heteroatoms. The molecular formula is C84H78F2N16O12. The van der Waals surface area contributed by atoms with Gasteiger partial charge in [-0.25, -0.2) is 28.0 Å². The van der Waals surface area contributed by atoms with Gasteiger partial charge in [-0.05, 0) is 173 Å². The lowest BCUT2D eigenvalue weighted by Crippen LogP contribution is -2.20. The Morgan fingerprint density at radius 3 is 0.658 bits per heavy atom. The summed E-state index contributed by atoms with van der Waals surface area (Å²) in [5.41, 5.74) is 9.14. The van der Waals surface area contributed by atoms with E-state index in [1.165, 1.54) is 89.4 Å². The number of urea groups is 4. The van der Waals surface area contributed by atoms with E-state index < -0.39 is 23.7 Å². The van der Waals surface area contributed by atoms with Crippen molar-refractivity contribution in [1.82, 2.24) is 41.2 Å². The summed E-state index contributed by atoms with van der Waals surface area (Å²) in [6.45, 7) is 7.85. The van der Waals surface area contributed by atoms with Crippen LogP contribution in [0.25, 0.3) is 0 Å². The third-order valence-electron chi connectivity index (χ3n) is 15.5. The van der Waals surface area contributed by atoms with Crippen LogP contribution in [-0.2, 0) is 0 Å². The van der Waals surface area contributed by atoms with E-state index in [0.717, 1.165) is 34.4 Å². The second-order valence-corrected chi connectivity index (χ2v) is 24.3. The average Bonchev–Trinajstić information content (AvgIpc) is 0.817. The monoisotopic (exact) mass is 1540 g/mol. The largest absolute Gasteiger partial charge is 0.457 e. The van der Waals surface area contributed by atoms with Gasteiger partial charge in [-0.1, -0.05) is 70.8 Å². The summed E-state index contributed by atoms with van der Waals surface area (Å²) < 4.78 is 51.3. The number of aromatic nitrogens is 4. The molecule has 12 aromatic rings. The fourth-order valence-electron chi connectivity index (χ4n) is 9.69. The summed E-state index contributed by atoms with van der Waals surface area (Å²) in [6, 6.07) is 62.0. The first kappa shape index (κ1) is 82.4. The molecule has 0 unspecified atom stereocenters. The van der Waals surface area contributed by atoms with Crippen molar-refractivity contribution in [2.45, 2.75) is 27.7 Å². The highest BCUT2D eigenvalue weighted by Crippen LogP contribution is 2.30. The fraction of sp³-hybridized carbons (Fsp3) is 0.0952. The Bertz CT molecular complexity index is 5010. The predicted molar refractivity (Wildman–Crippen MR) is 432 cm³/mol. The standard InChI is InChI=1S/2C21H19FN4O3.2C21H20N4O3/c2*1-13-3-5-14(6-4-13)25-21(28)26-18-8-7-15(11-17(18)22)29-16-9-10-24-19(12-16)20(27)23-2;2*1-14-3-5-15(6-4-14)24-21(27)25-16-7-9-17(10-8-16)28-18-11-12-23-19(13-18)20(26)22-2/h2*3-12H,1-2H3,(H,23,27)(H2,25,26,28);2*3-13H,1-2H3,(H,22,26)(H2,24,25,27). The van der Waals surface area contributed by atoms with Gasteiger partial charge in [0, 0.05) is 124 Å². The lowest BCUT2D eigenvalue weighted by molar-refractivity contribution is 0.0950. The van der Waals surface area contributed by atoms with E-state index in [1.54, 1.807) is 109 Å². The molecule has 0 bridgehead atoms. The van der Waals surface area contributed by atoms with Crippen LogP contribution in [0.3, 0.4) is 0 Å². The predicted octanol–water partition coefficient (Wildman–Crippen LogP) is 17.0. The first-order chi connectivity index (χ1) is 54.9. The van der Waals surface area contributed by atoms with Crippen LogP contribution in [0.5, 0.6) is 46.0 Å². The van der Waals surface area contributed by atoms with Gasteiger partial charge in [0.05, 0.1) is 11.4 Å². The smallest absolute Gasteiger partial charge is 0.323 e. The molecule has 0 fully saturated rings. The van der Waals surface area contributed by atoms with E-state index in [0.29, 0.717) is 68.6 Å². The maximum Gasteiger partial charge on any atom is 0.323 e. The Balaban J connectivity index is 0.000000174. The third-order valence-corrected chi connectivity index (χ3v) is 15.5. The number of hydrogen-bond donors (Lipinski definition) is 12. The van der Waals surface area contributed by atoms with Crippen LogP contribution in [-0.4, -0.2) is 95.9 Å². The van der Waals surface area contributed by atoms with Crippen LogP contribution in [0.15, 0.2) is 255 Å². The van der Waals surface area contributed by atoms with Gasteiger partial charge < -0.3 is 82.7 Å². The second kappa shape index (κ2) is 41.1. The molecule has 12 N–H and O–H groups in total. The molecule has 4 heterocycles. The summed E-state index contributed by atoms with van der Waals surface area (Å²) in [6.07, 6.45) is 5.85. The molecule has 0 aliphatic rings. The van der Waals surface area contributed by atoms with Crippen molar-refractivity contribution in [3.8, 4) is 46.0 Å². The summed E-state index contributed by atoms with van der Waals surface area (Å²) in [5.74, 6) is 0.573. The van der Waals surface area contributed by atoms with E-state index in [4.69, 9.17) is 18.9 Å². The Labute approximate surface area is 653 Å². The molecule has 12 amide bonds. The van der Waals surface area contributed by atoms with Crippen molar-refractivity contribution in [1.29, 1.82) is 0 Å². The fourth-order valence-corrected chi connectivity index (χ4v) is 9.69. The van der Waals surface area contributed by atoms with E-state index in [1.807, 2.05) is 100 Å². The van der Waals surface area contributed by atoms with E-state index >= 15 is 0 Å². The number of anilines is 8. The highest BCUT2D eigenvalue weighted by atomic mass is 19.1. The zero-order valence-electron chi connectivity index (χ0n) is 62.7. The van der Waals surface area contributed by atoms with Gasteiger partial charge in [-0.2, -0.15) is 0 Å². The van der Waals surface area contributed by atoms with Crippen molar-refractivity contribution in [3.05, 3.63) is 312 Å². The molecular weight excluding hydrogens is 1460 g/mol. The van der Waals surface area contributed by atoms with Gasteiger partial charge in [-0.15, -0.1) is 0 Å².